The fourth-order valence-electron chi connectivity index (χ4n) is 2.41. The van der Waals surface area contributed by atoms with Crippen LogP contribution in [0, 0.1) is 0 Å². The van der Waals surface area contributed by atoms with E-state index in [-0.39, 0.29) is 24.8 Å². The Bertz CT molecular complexity index is 926. The Morgan fingerprint density at radius 3 is 2.71 bits per heavy atom. The second-order valence-electron chi connectivity index (χ2n) is 5.79. The molecule has 0 aliphatic heterocycles. The fourth-order valence-corrected chi connectivity index (χ4v) is 3.22. The highest BCUT2D eigenvalue weighted by molar-refractivity contribution is 7.13. The van der Waals surface area contributed by atoms with Gasteiger partial charge in [-0.1, -0.05) is 0 Å². The van der Waals surface area contributed by atoms with Crippen molar-refractivity contribution in [1.82, 2.24) is 15.3 Å². The standard InChI is InChI=1S/C20H20N4O3S/c1-2-27-16-7-5-14(6-8-16)20-24-17(13-28-20)19(26)22-11-9-18(25)23-15-4-3-10-21-12-15/h3-8,10,12-13H,2,9,11H2,1H3,(H,22,26)(H,23,25). The van der Waals surface area contributed by atoms with Crippen LogP contribution in [0.3, 0.4) is 0 Å². The Kier molecular flexibility index (Phi) is 6.69. The number of nitrogens with zero attached hydrogens (tertiary/aromatic N) is 2. The minimum absolute atomic E-state index is 0.163. The van der Waals surface area contributed by atoms with E-state index in [2.05, 4.69) is 20.6 Å². The van der Waals surface area contributed by atoms with Gasteiger partial charge >= 0.3 is 0 Å². The second-order valence-corrected chi connectivity index (χ2v) is 6.65. The summed E-state index contributed by atoms with van der Waals surface area (Å²) in [5, 5.41) is 7.89. The van der Waals surface area contributed by atoms with Crippen molar-refractivity contribution in [1.29, 1.82) is 0 Å². The molecule has 2 aromatic heterocycles. The number of aromatic nitrogens is 2. The lowest BCUT2D eigenvalue weighted by molar-refractivity contribution is -0.116. The van der Waals surface area contributed by atoms with Crippen molar-refractivity contribution in [2.45, 2.75) is 13.3 Å². The molecular formula is C20H20N4O3S. The SMILES string of the molecule is CCOc1ccc(-c2nc(C(=O)NCCC(=O)Nc3cccnc3)cs2)cc1. The van der Waals surface area contributed by atoms with E-state index in [1.807, 2.05) is 31.2 Å². The number of carbonyl (C=O) groups is 2. The van der Waals surface area contributed by atoms with Gasteiger partial charge in [0, 0.05) is 30.1 Å². The molecule has 0 bridgehead atoms. The molecule has 3 rings (SSSR count). The summed E-state index contributed by atoms with van der Waals surface area (Å²) in [7, 11) is 0. The Balaban J connectivity index is 1.49. The summed E-state index contributed by atoms with van der Waals surface area (Å²) >= 11 is 1.39. The Morgan fingerprint density at radius 2 is 2.00 bits per heavy atom. The van der Waals surface area contributed by atoms with E-state index < -0.39 is 0 Å². The lowest BCUT2D eigenvalue weighted by Gasteiger charge is -2.05. The van der Waals surface area contributed by atoms with Crippen LogP contribution in [0.2, 0.25) is 0 Å². The third-order valence-corrected chi connectivity index (χ3v) is 4.62. The van der Waals surface area contributed by atoms with Crippen LogP contribution in [0.4, 0.5) is 5.69 Å². The molecule has 8 heteroatoms. The Labute approximate surface area is 166 Å². The van der Waals surface area contributed by atoms with Gasteiger partial charge in [0.1, 0.15) is 16.5 Å². The highest BCUT2D eigenvalue weighted by Crippen LogP contribution is 2.25. The number of rotatable bonds is 8. The number of anilines is 1. The number of ether oxygens (including phenoxy) is 1. The van der Waals surface area contributed by atoms with E-state index in [0.717, 1.165) is 16.3 Å². The number of benzene rings is 1. The molecule has 0 spiro atoms. The summed E-state index contributed by atoms with van der Waals surface area (Å²) in [6.07, 6.45) is 3.36. The van der Waals surface area contributed by atoms with Crippen LogP contribution < -0.4 is 15.4 Å². The third kappa shape index (κ3) is 5.37. The van der Waals surface area contributed by atoms with E-state index in [4.69, 9.17) is 4.74 Å². The molecule has 0 radical (unpaired) electrons. The molecule has 1 aromatic carbocycles. The molecule has 7 nitrogen and oxygen atoms in total. The molecule has 2 heterocycles. The predicted molar refractivity (Wildman–Crippen MR) is 109 cm³/mol. The Hall–Kier alpha value is -3.26. The van der Waals surface area contributed by atoms with Crippen LogP contribution in [-0.4, -0.2) is 34.9 Å². The molecule has 0 unspecified atom stereocenters. The summed E-state index contributed by atoms with van der Waals surface area (Å²) in [5.41, 5.74) is 1.88. The summed E-state index contributed by atoms with van der Waals surface area (Å²) < 4.78 is 5.42. The quantitative estimate of drug-likeness (QED) is 0.609. The molecule has 0 aliphatic rings. The van der Waals surface area contributed by atoms with Gasteiger partial charge in [-0.3, -0.25) is 14.6 Å². The second kappa shape index (κ2) is 9.61. The van der Waals surface area contributed by atoms with Crippen LogP contribution >= 0.6 is 11.3 Å². The number of hydrogen-bond donors (Lipinski definition) is 2. The highest BCUT2D eigenvalue weighted by Gasteiger charge is 2.12. The van der Waals surface area contributed by atoms with Gasteiger partial charge in [-0.05, 0) is 43.3 Å². The lowest BCUT2D eigenvalue weighted by atomic mass is 10.2. The zero-order valence-electron chi connectivity index (χ0n) is 15.3. The van der Waals surface area contributed by atoms with Gasteiger partial charge in [-0.25, -0.2) is 4.98 Å². The topological polar surface area (TPSA) is 93.2 Å². The van der Waals surface area contributed by atoms with Crippen molar-refractivity contribution in [3.05, 3.63) is 59.9 Å². The van der Waals surface area contributed by atoms with Gasteiger partial charge < -0.3 is 15.4 Å². The molecular weight excluding hydrogens is 376 g/mol. The van der Waals surface area contributed by atoms with Crippen molar-refractivity contribution in [2.75, 3.05) is 18.5 Å². The van der Waals surface area contributed by atoms with Crippen molar-refractivity contribution < 1.29 is 14.3 Å². The van der Waals surface area contributed by atoms with Gasteiger partial charge in [-0.15, -0.1) is 11.3 Å². The molecule has 2 amide bonds. The van der Waals surface area contributed by atoms with Gasteiger partial charge in [-0.2, -0.15) is 0 Å². The average Bonchev–Trinajstić information content (AvgIpc) is 3.20. The van der Waals surface area contributed by atoms with E-state index >= 15 is 0 Å². The van der Waals surface area contributed by atoms with E-state index in [0.29, 0.717) is 18.0 Å². The molecule has 0 saturated carbocycles. The van der Waals surface area contributed by atoms with Crippen LogP contribution in [0.15, 0.2) is 54.2 Å². The maximum absolute atomic E-state index is 12.2. The number of pyridine rings is 1. The van der Waals surface area contributed by atoms with Crippen molar-refractivity contribution in [3.8, 4) is 16.3 Å². The number of carbonyl (C=O) groups excluding carboxylic acids is 2. The third-order valence-electron chi connectivity index (χ3n) is 3.73. The zero-order valence-corrected chi connectivity index (χ0v) is 16.2. The summed E-state index contributed by atoms with van der Waals surface area (Å²) in [5.74, 6) is 0.301. The number of thiazole rings is 1. The highest BCUT2D eigenvalue weighted by atomic mass is 32.1. The number of hydrogen-bond acceptors (Lipinski definition) is 6. The summed E-state index contributed by atoms with van der Waals surface area (Å²) in [4.78, 5) is 32.4. The minimum Gasteiger partial charge on any atom is -0.494 e. The van der Waals surface area contributed by atoms with Crippen LogP contribution in [0.1, 0.15) is 23.8 Å². The maximum Gasteiger partial charge on any atom is 0.270 e. The van der Waals surface area contributed by atoms with Crippen LogP contribution in [0.25, 0.3) is 10.6 Å². The average molecular weight is 396 g/mol. The first-order valence-corrected chi connectivity index (χ1v) is 9.70. The Morgan fingerprint density at radius 1 is 1.18 bits per heavy atom. The van der Waals surface area contributed by atoms with Crippen LogP contribution in [0.5, 0.6) is 5.75 Å². The normalized spacial score (nSPS) is 10.3. The van der Waals surface area contributed by atoms with Crippen molar-refractivity contribution in [3.63, 3.8) is 0 Å². The number of nitrogens with one attached hydrogen (secondary N) is 2. The van der Waals surface area contributed by atoms with Crippen molar-refractivity contribution in [2.24, 2.45) is 0 Å². The molecule has 3 aromatic rings. The van der Waals surface area contributed by atoms with Gasteiger partial charge in [0.25, 0.3) is 5.91 Å². The first-order valence-electron chi connectivity index (χ1n) is 8.82. The monoisotopic (exact) mass is 396 g/mol. The largest absolute Gasteiger partial charge is 0.494 e. The van der Waals surface area contributed by atoms with E-state index in [9.17, 15) is 9.59 Å². The molecule has 28 heavy (non-hydrogen) atoms. The number of amides is 2. The molecule has 0 aliphatic carbocycles. The van der Waals surface area contributed by atoms with E-state index in [1.54, 1.807) is 29.9 Å². The first kappa shape index (κ1) is 19.5. The van der Waals surface area contributed by atoms with Gasteiger partial charge in [0.15, 0.2) is 0 Å². The molecule has 2 N–H and O–H groups in total. The first-order chi connectivity index (χ1) is 13.7. The minimum atomic E-state index is -0.303. The smallest absolute Gasteiger partial charge is 0.270 e. The molecule has 0 fully saturated rings. The van der Waals surface area contributed by atoms with Crippen molar-refractivity contribution >= 4 is 28.8 Å². The molecule has 144 valence electrons. The lowest BCUT2D eigenvalue weighted by Crippen LogP contribution is -2.27. The summed E-state index contributed by atoms with van der Waals surface area (Å²) in [6.45, 7) is 2.77. The fraction of sp³-hybridized carbons (Fsp3) is 0.200. The maximum atomic E-state index is 12.2. The predicted octanol–water partition coefficient (Wildman–Crippen LogP) is 3.36. The summed E-state index contributed by atoms with van der Waals surface area (Å²) in [6, 6.07) is 11.1. The van der Waals surface area contributed by atoms with Gasteiger partial charge in [0.2, 0.25) is 5.91 Å². The van der Waals surface area contributed by atoms with E-state index in [1.165, 1.54) is 11.3 Å². The van der Waals surface area contributed by atoms with Crippen LogP contribution in [-0.2, 0) is 4.79 Å². The van der Waals surface area contributed by atoms with Gasteiger partial charge in [0.05, 0.1) is 18.5 Å². The molecule has 0 saturated heterocycles. The molecule has 0 atom stereocenters. The zero-order chi connectivity index (χ0) is 19.8.